The van der Waals surface area contributed by atoms with Crippen LogP contribution in [-0.2, 0) is 16.0 Å². The van der Waals surface area contributed by atoms with E-state index in [-0.39, 0.29) is 0 Å². The van der Waals surface area contributed by atoms with Crippen molar-refractivity contribution in [1.29, 1.82) is 0 Å². The molecule has 0 unspecified atom stereocenters. The number of fused-ring (bicyclic) bond motifs is 2. The van der Waals surface area contributed by atoms with Crippen molar-refractivity contribution in [3.8, 4) is 0 Å². The third-order valence-corrected chi connectivity index (χ3v) is 4.58. The Labute approximate surface area is 155 Å². The number of amides is 1. The van der Waals surface area contributed by atoms with E-state index in [9.17, 15) is 9.59 Å². The number of nitrogens with zero attached hydrogens (tertiary/aromatic N) is 1. The molecular formula is C21H18N2O4. The summed E-state index contributed by atoms with van der Waals surface area (Å²) in [5.41, 5.74) is 8.92. The molecule has 1 amide bonds. The number of rotatable bonds is 4. The molecule has 0 saturated heterocycles. The highest BCUT2D eigenvalue weighted by molar-refractivity contribution is 6.07. The number of esters is 1. The zero-order valence-corrected chi connectivity index (χ0v) is 14.6. The highest BCUT2D eigenvalue weighted by Gasteiger charge is 2.26. The van der Waals surface area contributed by atoms with Crippen molar-refractivity contribution in [3.05, 3.63) is 65.2 Å². The van der Waals surface area contributed by atoms with Crippen LogP contribution in [0.4, 0.5) is 0 Å². The summed E-state index contributed by atoms with van der Waals surface area (Å²) in [4.78, 5) is 28.6. The van der Waals surface area contributed by atoms with E-state index in [2.05, 4.69) is 0 Å². The normalized spacial score (nSPS) is 14.9. The number of nitrogens with two attached hydrogens (primary N) is 1. The van der Waals surface area contributed by atoms with Gasteiger partial charge in [-0.05, 0) is 54.7 Å². The van der Waals surface area contributed by atoms with Crippen LogP contribution < -0.4 is 5.73 Å². The van der Waals surface area contributed by atoms with Crippen LogP contribution >= 0.6 is 0 Å². The van der Waals surface area contributed by atoms with Crippen molar-refractivity contribution in [2.24, 2.45) is 5.73 Å². The van der Waals surface area contributed by atoms with Gasteiger partial charge in [0.05, 0.1) is 23.0 Å². The van der Waals surface area contributed by atoms with E-state index in [0.29, 0.717) is 22.9 Å². The molecule has 1 aliphatic carbocycles. The average Bonchev–Trinajstić information content (AvgIpc) is 3.18. The van der Waals surface area contributed by atoms with E-state index in [4.69, 9.17) is 19.9 Å². The summed E-state index contributed by atoms with van der Waals surface area (Å²) in [6.45, 7) is -0.445. The van der Waals surface area contributed by atoms with Gasteiger partial charge in [0.25, 0.3) is 5.91 Å². The van der Waals surface area contributed by atoms with Gasteiger partial charge in [0.2, 0.25) is 0 Å². The Bertz CT molecular complexity index is 1050. The van der Waals surface area contributed by atoms with Crippen molar-refractivity contribution in [2.45, 2.75) is 19.3 Å². The van der Waals surface area contributed by atoms with Crippen LogP contribution in [0.2, 0.25) is 0 Å². The van der Waals surface area contributed by atoms with Gasteiger partial charge in [0.1, 0.15) is 5.76 Å². The summed E-state index contributed by atoms with van der Waals surface area (Å²) < 4.78 is 10.6. The van der Waals surface area contributed by atoms with Gasteiger partial charge in [0, 0.05) is 5.39 Å². The Hall–Kier alpha value is -3.41. The van der Waals surface area contributed by atoms with Crippen LogP contribution in [0.5, 0.6) is 0 Å². The van der Waals surface area contributed by atoms with Crippen LogP contribution in [0.1, 0.15) is 40.2 Å². The lowest BCUT2D eigenvalue weighted by Gasteiger charge is -2.22. The highest BCUT2D eigenvalue weighted by atomic mass is 16.5. The highest BCUT2D eigenvalue weighted by Crippen LogP contribution is 2.36. The number of hydrogen-bond donors (Lipinski definition) is 1. The van der Waals surface area contributed by atoms with Gasteiger partial charge in [-0.25, -0.2) is 9.78 Å². The molecule has 27 heavy (non-hydrogen) atoms. The number of ether oxygens (including phenoxy) is 1. The summed E-state index contributed by atoms with van der Waals surface area (Å²) in [7, 11) is 0. The van der Waals surface area contributed by atoms with E-state index >= 15 is 0 Å². The lowest BCUT2D eigenvalue weighted by atomic mass is 9.86. The molecule has 2 N–H and O–H groups in total. The van der Waals surface area contributed by atoms with Gasteiger partial charge in [-0.1, -0.05) is 18.2 Å². The van der Waals surface area contributed by atoms with Crippen molar-refractivity contribution < 1.29 is 18.7 Å². The van der Waals surface area contributed by atoms with Gasteiger partial charge in [-0.15, -0.1) is 0 Å². The fraction of sp³-hybridized carbons (Fsp3) is 0.190. The Morgan fingerprint density at radius 3 is 2.81 bits per heavy atom. The summed E-state index contributed by atoms with van der Waals surface area (Å²) >= 11 is 0. The number of pyridine rings is 1. The zero-order valence-electron chi connectivity index (χ0n) is 14.6. The van der Waals surface area contributed by atoms with Gasteiger partial charge in [0.15, 0.2) is 6.61 Å². The standard InChI is InChI=1S/C21H18N2O4/c22-18(24)12-27-21(25)19-15-7-1-2-9-17(15)23-20-13(5-3-8-16(19)20)11-14-6-4-10-26-14/h1-2,4,6-7,9-11H,3,5,8,12H2,(H2,22,24)/b13-11+. The SMILES string of the molecule is NC(=O)COC(=O)c1c2c(nc3ccccc13)/C(=C/c1ccco1)CCC2. The molecule has 4 rings (SSSR count). The third-order valence-electron chi connectivity index (χ3n) is 4.58. The van der Waals surface area contributed by atoms with Gasteiger partial charge in [-0.2, -0.15) is 0 Å². The molecule has 2 heterocycles. The number of para-hydroxylation sites is 1. The molecule has 3 aromatic rings. The largest absolute Gasteiger partial charge is 0.465 e. The zero-order chi connectivity index (χ0) is 18.8. The lowest BCUT2D eigenvalue weighted by Crippen LogP contribution is -2.22. The van der Waals surface area contributed by atoms with E-state index < -0.39 is 18.5 Å². The Morgan fingerprint density at radius 2 is 2.04 bits per heavy atom. The number of carbonyl (C=O) groups excluding carboxylic acids is 2. The van der Waals surface area contributed by atoms with Crippen molar-refractivity contribution in [3.63, 3.8) is 0 Å². The second-order valence-corrected chi connectivity index (χ2v) is 6.41. The van der Waals surface area contributed by atoms with Gasteiger partial charge < -0.3 is 14.9 Å². The van der Waals surface area contributed by atoms with Crippen LogP contribution in [0.25, 0.3) is 22.6 Å². The lowest BCUT2D eigenvalue weighted by molar-refractivity contribution is -0.121. The number of primary amides is 1. The number of carbonyl (C=O) groups is 2. The van der Waals surface area contributed by atoms with Crippen molar-refractivity contribution in [2.75, 3.05) is 6.61 Å². The second kappa shape index (κ2) is 7.07. The maximum Gasteiger partial charge on any atom is 0.339 e. The number of hydrogen-bond acceptors (Lipinski definition) is 5. The minimum atomic E-state index is -0.686. The third kappa shape index (κ3) is 3.33. The maximum atomic E-state index is 12.8. The molecule has 136 valence electrons. The minimum Gasteiger partial charge on any atom is -0.465 e. The molecule has 6 heteroatoms. The number of benzene rings is 1. The van der Waals surface area contributed by atoms with Crippen LogP contribution in [0.3, 0.4) is 0 Å². The first kappa shape index (κ1) is 17.0. The van der Waals surface area contributed by atoms with Crippen molar-refractivity contribution in [1.82, 2.24) is 4.98 Å². The van der Waals surface area contributed by atoms with Crippen LogP contribution in [0, 0.1) is 0 Å². The molecule has 0 spiro atoms. The molecule has 2 aromatic heterocycles. The van der Waals surface area contributed by atoms with Crippen LogP contribution in [0.15, 0.2) is 47.1 Å². The topological polar surface area (TPSA) is 95.4 Å². The summed E-state index contributed by atoms with van der Waals surface area (Å²) in [5, 5.41) is 0.713. The first-order valence-corrected chi connectivity index (χ1v) is 8.75. The molecule has 0 aliphatic heterocycles. The van der Waals surface area contributed by atoms with Gasteiger partial charge >= 0.3 is 5.97 Å². The predicted octanol–water partition coefficient (Wildman–Crippen LogP) is 3.35. The van der Waals surface area contributed by atoms with E-state index in [1.165, 1.54) is 0 Å². The summed E-state index contributed by atoms with van der Waals surface area (Å²) in [6.07, 6.45) is 6.02. The molecule has 0 radical (unpaired) electrons. The van der Waals surface area contributed by atoms with Crippen molar-refractivity contribution >= 4 is 34.4 Å². The monoisotopic (exact) mass is 362 g/mol. The molecule has 1 aromatic carbocycles. The van der Waals surface area contributed by atoms with E-state index in [0.717, 1.165) is 35.4 Å². The fourth-order valence-corrected chi connectivity index (χ4v) is 3.46. The smallest absolute Gasteiger partial charge is 0.339 e. The number of allylic oxidation sites excluding steroid dienone is 1. The predicted molar refractivity (Wildman–Crippen MR) is 101 cm³/mol. The summed E-state index contributed by atoms with van der Waals surface area (Å²) in [6, 6.07) is 11.1. The van der Waals surface area contributed by atoms with E-state index in [1.807, 2.05) is 42.5 Å². The Balaban J connectivity index is 1.89. The molecule has 1 aliphatic rings. The molecule has 0 atom stereocenters. The van der Waals surface area contributed by atoms with E-state index in [1.54, 1.807) is 6.26 Å². The molecule has 6 nitrogen and oxygen atoms in total. The molecule has 0 saturated carbocycles. The maximum absolute atomic E-state index is 12.8. The molecule has 0 fully saturated rings. The number of aromatic nitrogens is 1. The van der Waals surface area contributed by atoms with Crippen LogP contribution in [-0.4, -0.2) is 23.5 Å². The quantitative estimate of drug-likeness (QED) is 0.718. The Morgan fingerprint density at radius 1 is 1.19 bits per heavy atom. The Kier molecular flexibility index (Phi) is 4.46. The second-order valence-electron chi connectivity index (χ2n) is 6.41. The first-order valence-electron chi connectivity index (χ1n) is 8.75. The molecular weight excluding hydrogens is 344 g/mol. The van der Waals surface area contributed by atoms with Gasteiger partial charge in [-0.3, -0.25) is 4.79 Å². The molecule has 0 bridgehead atoms. The summed E-state index contributed by atoms with van der Waals surface area (Å²) in [5.74, 6) is -0.498. The fourth-order valence-electron chi connectivity index (χ4n) is 3.46. The first-order chi connectivity index (χ1) is 13.1. The minimum absolute atomic E-state index is 0.445. The number of furan rings is 1. The average molecular weight is 362 g/mol.